The van der Waals surface area contributed by atoms with Gasteiger partial charge in [-0.25, -0.2) is 4.98 Å². The molecule has 2 N–H and O–H groups in total. The lowest BCUT2D eigenvalue weighted by Crippen LogP contribution is -2.01. The van der Waals surface area contributed by atoms with E-state index >= 15 is 0 Å². The van der Waals surface area contributed by atoms with Crippen LogP contribution in [0, 0.1) is 11.3 Å². The highest BCUT2D eigenvalue weighted by Gasteiger charge is 2.21. The van der Waals surface area contributed by atoms with Gasteiger partial charge in [0.1, 0.15) is 17.5 Å². The highest BCUT2D eigenvalue weighted by molar-refractivity contribution is 5.92. The van der Waals surface area contributed by atoms with Gasteiger partial charge in [0, 0.05) is 22.9 Å². The lowest BCUT2D eigenvalue weighted by Gasteiger charge is -2.17. The number of nitrogens with two attached hydrogens (primary N) is 1. The monoisotopic (exact) mass is 331 g/mol. The largest absolute Gasteiger partial charge is 0.493 e. The predicted octanol–water partition coefficient (Wildman–Crippen LogP) is 3.89. The molecule has 1 aromatic heterocycles. The van der Waals surface area contributed by atoms with Crippen LogP contribution in [0.2, 0.25) is 0 Å². The van der Waals surface area contributed by atoms with Crippen molar-refractivity contribution in [3.8, 4) is 39.8 Å². The number of nitriles is 1. The smallest absolute Gasteiger partial charge is 0.168 e. The summed E-state index contributed by atoms with van der Waals surface area (Å²) >= 11 is 0. The van der Waals surface area contributed by atoms with Gasteiger partial charge < -0.3 is 15.2 Å². The van der Waals surface area contributed by atoms with E-state index < -0.39 is 0 Å². The quantitative estimate of drug-likeness (QED) is 0.784. The number of hydrogen-bond donors (Lipinski definition) is 1. The van der Waals surface area contributed by atoms with Gasteiger partial charge in [0.2, 0.25) is 0 Å². The highest BCUT2D eigenvalue weighted by atomic mass is 16.5. The Morgan fingerprint density at radius 3 is 2.36 bits per heavy atom. The zero-order valence-corrected chi connectivity index (χ0v) is 14.0. The summed E-state index contributed by atoms with van der Waals surface area (Å²) in [6.45, 7) is 0. The minimum atomic E-state index is 0.182. The Bertz CT molecular complexity index is 947. The van der Waals surface area contributed by atoms with E-state index in [1.165, 1.54) is 0 Å². The van der Waals surface area contributed by atoms with Crippen molar-refractivity contribution in [1.29, 1.82) is 5.26 Å². The molecule has 0 unspecified atom stereocenters. The molecule has 0 saturated carbocycles. The van der Waals surface area contributed by atoms with E-state index in [4.69, 9.17) is 15.2 Å². The number of hydrogen-bond acceptors (Lipinski definition) is 5. The molecule has 0 fully saturated rings. The number of ether oxygens (including phenoxy) is 2. The summed E-state index contributed by atoms with van der Waals surface area (Å²) in [6.07, 6.45) is 1.68. The zero-order chi connectivity index (χ0) is 17.8. The van der Waals surface area contributed by atoms with Gasteiger partial charge in [-0.05, 0) is 11.6 Å². The maximum absolute atomic E-state index is 9.68. The molecule has 0 radical (unpaired) electrons. The molecule has 0 atom stereocenters. The number of aromatic nitrogens is 1. The Morgan fingerprint density at radius 1 is 0.960 bits per heavy atom. The van der Waals surface area contributed by atoms with E-state index in [9.17, 15) is 5.26 Å². The van der Waals surface area contributed by atoms with Crippen molar-refractivity contribution in [3.63, 3.8) is 0 Å². The van der Waals surface area contributed by atoms with E-state index in [-0.39, 0.29) is 5.82 Å². The summed E-state index contributed by atoms with van der Waals surface area (Å²) in [5, 5.41) is 9.68. The molecule has 5 nitrogen and oxygen atoms in total. The normalized spacial score (nSPS) is 10.1. The van der Waals surface area contributed by atoms with Gasteiger partial charge in [0.15, 0.2) is 11.5 Å². The van der Waals surface area contributed by atoms with Crippen molar-refractivity contribution in [2.24, 2.45) is 0 Å². The van der Waals surface area contributed by atoms with E-state index in [0.717, 1.165) is 16.7 Å². The van der Waals surface area contributed by atoms with Crippen LogP contribution in [-0.2, 0) is 0 Å². The number of nitrogen functional groups attached to an aromatic ring is 1. The first-order valence-electron chi connectivity index (χ1n) is 7.66. The van der Waals surface area contributed by atoms with Crippen molar-refractivity contribution in [3.05, 3.63) is 60.3 Å². The summed E-state index contributed by atoms with van der Waals surface area (Å²) in [6, 6.07) is 17.4. The number of rotatable bonds is 4. The van der Waals surface area contributed by atoms with Crippen LogP contribution < -0.4 is 15.2 Å². The maximum atomic E-state index is 9.68. The molecular formula is C20H17N3O2. The molecule has 0 bridgehead atoms. The summed E-state index contributed by atoms with van der Waals surface area (Å²) in [7, 11) is 3.14. The van der Waals surface area contributed by atoms with Crippen LogP contribution in [0.25, 0.3) is 22.3 Å². The van der Waals surface area contributed by atoms with Crippen LogP contribution in [0.5, 0.6) is 11.5 Å². The first kappa shape index (κ1) is 16.3. The summed E-state index contributed by atoms with van der Waals surface area (Å²) in [4.78, 5) is 4.19. The molecule has 0 saturated heterocycles. The highest BCUT2D eigenvalue weighted by Crippen LogP contribution is 2.44. The second kappa shape index (κ2) is 6.93. The Labute approximate surface area is 146 Å². The van der Waals surface area contributed by atoms with E-state index in [1.807, 2.05) is 42.5 Å². The molecule has 3 rings (SSSR count). The van der Waals surface area contributed by atoms with Crippen LogP contribution in [0.4, 0.5) is 5.82 Å². The van der Waals surface area contributed by atoms with Crippen molar-refractivity contribution in [1.82, 2.24) is 4.98 Å². The van der Waals surface area contributed by atoms with Gasteiger partial charge in [0.05, 0.1) is 14.2 Å². The average Bonchev–Trinajstić information content (AvgIpc) is 2.67. The Balaban J connectivity index is 2.40. The number of nitrogens with zero attached hydrogens (tertiary/aromatic N) is 2. The number of para-hydroxylation sites is 1. The molecule has 0 spiro atoms. The van der Waals surface area contributed by atoms with Gasteiger partial charge in [-0.15, -0.1) is 0 Å². The second-order valence-electron chi connectivity index (χ2n) is 5.33. The fourth-order valence-corrected chi connectivity index (χ4v) is 2.84. The topological polar surface area (TPSA) is 81.2 Å². The van der Waals surface area contributed by atoms with Crippen LogP contribution in [-0.4, -0.2) is 19.2 Å². The van der Waals surface area contributed by atoms with Crippen molar-refractivity contribution >= 4 is 5.82 Å². The second-order valence-corrected chi connectivity index (χ2v) is 5.33. The van der Waals surface area contributed by atoms with Gasteiger partial charge in [-0.2, -0.15) is 5.26 Å². The minimum absolute atomic E-state index is 0.182. The fourth-order valence-electron chi connectivity index (χ4n) is 2.84. The molecule has 124 valence electrons. The van der Waals surface area contributed by atoms with Crippen LogP contribution in [0.1, 0.15) is 5.56 Å². The molecule has 0 amide bonds. The number of anilines is 1. The molecule has 0 aliphatic carbocycles. The fraction of sp³-hybridized carbons (Fsp3) is 0.100. The summed E-state index contributed by atoms with van der Waals surface area (Å²) in [5.41, 5.74) is 9.43. The van der Waals surface area contributed by atoms with Crippen molar-refractivity contribution in [2.75, 3.05) is 20.0 Å². The van der Waals surface area contributed by atoms with Crippen LogP contribution in [0.3, 0.4) is 0 Å². The molecule has 0 aliphatic heterocycles. The van der Waals surface area contributed by atoms with Gasteiger partial charge >= 0.3 is 0 Å². The first-order valence-corrected chi connectivity index (χ1v) is 7.66. The number of benzene rings is 2. The van der Waals surface area contributed by atoms with E-state index in [2.05, 4.69) is 11.1 Å². The lowest BCUT2D eigenvalue weighted by molar-refractivity contribution is 0.356. The van der Waals surface area contributed by atoms with Gasteiger partial charge in [-0.3, -0.25) is 0 Å². The summed E-state index contributed by atoms with van der Waals surface area (Å²) < 4.78 is 10.9. The van der Waals surface area contributed by atoms with Crippen LogP contribution >= 0.6 is 0 Å². The minimum Gasteiger partial charge on any atom is -0.493 e. The Morgan fingerprint density at radius 2 is 1.72 bits per heavy atom. The van der Waals surface area contributed by atoms with Crippen molar-refractivity contribution in [2.45, 2.75) is 0 Å². The maximum Gasteiger partial charge on any atom is 0.168 e. The number of methoxy groups -OCH3 is 2. The zero-order valence-electron chi connectivity index (χ0n) is 14.0. The lowest BCUT2D eigenvalue weighted by atomic mass is 9.91. The Hall–Kier alpha value is -3.52. The Kier molecular flexibility index (Phi) is 4.53. The molecule has 25 heavy (non-hydrogen) atoms. The molecule has 0 aliphatic rings. The molecule has 2 aromatic carbocycles. The molecule has 1 heterocycles. The van der Waals surface area contributed by atoms with Crippen molar-refractivity contribution < 1.29 is 9.47 Å². The van der Waals surface area contributed by atoms with Crippen LogP contribution in [0.15, 0.2) is 54.7 Å². The molecule has 3 aromatic rings. The van der Waals surface area contributed by atoms with E-state index in [1.54, 1.807) is 26.5 Å². The third-order valence-corrected chi connectivity index (χ3v) is 3.98. The van der Waals surface area contributed by atoms with E-state index in [0.29, 0.717) is 22.6 Å². The SMILES string of the molecule is COc1cccc(-c2c(-c3ccccc3)cnc(N)c2C#N)c1OC. The van der Waals surface area contributed by atoms with Gasteiger partial charge in [0.25, 0.3) is 0 Å². The molecular weight excluding hydrogens is 314 g/mol. The third kappa shape index (κ3) is 2.86. The standard InChI is InChI=1S/C20H17N3O2/c1-24-17-10-6-9-14(19(17)25-2)18-15(11-21)20(22)23-12-16(18)13-7-4-3-5-8-13/h3-10,12H,1-2H3,(H2,22,23). The third-order valence-electron chi connectivity index (χ3n) is 3.98. The average molecular weight is 331 g/mol. The first-order chi connectivity index (χ1) is 12.2. The number of pyridine rings is 1. The summed E-state index contributed by atoms with van der Waals surface area (Å²) in [5.74, 6) is 1.31. The molecule has 5 heteroatoms. The predicted molar refractivity (Wildman–Crippen MR) is 97.3 cm³/mol. The van der Waals surface area contributed by atoms with Gasteiger partial charge in [-0.1, -0.05) is 42.5 Å².